The largest absolute Gasteiger partial charge is 0.493 e. The number of nitrogens with one attached hydrogen (secondary N) is 3. The number of halogens is 2. The van der Waals surface area contributed by atoms with Crippen molar-refractivity contribution in [1.82, 2.24) is 16.1 Å². The third-order valence-electron chi connectivity index (χ3n) is 5.41. The van der Waals surface area contributed by atoms with Gasteiger partial charge < -0.3 is 34.7 Å². The summed E-state index contributed by atoms with van der Waals surface area (Å²) in [5.74, 6) is -1.40. The molecule has 4 N–H and O–H groups in total. The molecule has 3 rings (SSSR count). The van der Waals surface area contributed by atoms with Crippen LogP contribution in [0.25, 0.3) is 0 Å². The fourth-order valence-corrected chi connectivity index (χ4v) is 5.14. The van der Waals surface area contributed by atoms with Crippen LogP contribution >= 0.6 is 31.9 Å². The SMILES string of the molecule is CCOC(=O)C1=C(C)NC(=O)N[C@H]1c1ccc(OCC(=O)N/N=C\c2cc(Br)c(OCC(=O)O)c(Br)c2)c(OC)c1. The van der Waals surface area contributed by atoms with Crippen LogP contribution in [0.5, 0.6) is 17.2 Å². The first-order valence-corrected chi connectivity index (χ1v) is 13.5. The maximum Gasteiger partial charge on any atom is 0.341 e. The van der Waals surface area contributed by atoms with Crippen LogP contribution in [0.1, 0.15) is 31.0 Å². The third kappa shape index (κ3) is 8.44. The molecule has 0 bridgehead atoms. The van der Waals surface area contributed by atoms with E-state index in [0.717, 1.165) is 0 Å². The molecule has 0 saturated carbocycles. The number of carboxylic acid groups (broad SMARTS) is 1. The summed E-state index contributed by atoms with van der Waals surface area (Å²) >= 11 is 6.62. The number of allylic oxidation sites excluding steroid dienone is 1. The quantitative estimate of drug-likeness (QED) is 0.147. The lowest BCUT2D eigenvalue weighted by Gasteiger charge is -2.28. The maximum atomic E-state index is 12.6. The Morgan fingerprint density at radius 1 is 1.10 bits per heavy atom. The van der Waals surface area contributed by atoms with E-state index in [-0.39, 0.29) is 30.3 Å². The van der Waals surface area contributed by atoms with Gasteiger partial charge >= 0.3 is 18.0 Å². The first-order valence-electron chi connectivity index (χ1n) is 12.0. The van der Waals surface area contributed by atoms with E-state index in [1.165, 1.54) is 13.3 Å². The highest BCUT2D eigenvalue weighted by atomic mass is 79.9. The molecular weight excluding hydrogens is 672 g/mol. The summed E-state index contributed by atoms with van der Waals surface area (Å²) in [7, 11) is 1.42. The summed E-state index contributed by atoms with van der Waals surface area (Å²) in [4.78, 5) is 47.7. The number of carbonyl (C=O) groups is 4. The molecule has 0 aliphatic carbocycles. The summed E-state index contributed by atoms with van der Waals surface area (Å²) < 4.78 is 22.4. The number of carboxylic acids is 1. The number of methoxy groups -OCH3 is 1. The molecule has 1 atom stereocenters. The van der Waals surface area contributed by atoms with Gasteiger partial charge in [0.15, 0.2) is 24.7 Å². The van der Waals surface area contributed by atoms with Crippen LogP contribution in [0.3, 0.4) is 0 Å². The number of hydrogen-bond acceptors (Lipinski definition) is 9. The number of hydrazone groups is 1. The van der Waals surface area contributed by atoms with Crippen molar-refractivity contribution in [3.63, 3.8) is 0 Å². The van der Waals surface area contributed by atoms with E-state index in [9.17, 15) is 19.2 Å². The number of urea groups is 1. The van der Waals surface area contributed by atoms with Crippen LogP contribution in [0.15, 0.2) is 55.6 Å². The molecule has 41 heavy (non-hydrogen) atoms. The second-order valence-electron chi connectivity index (χ2n) is 8.28. The van der Waals surface area contributed by atoms with E-state index < -0.39 is 36.5 Å². The van der Waals surface area contributed by atoms with E-state index in [2.05, 4.69) is 53.0 Å². The van der Waals surface area contributed by atoms with Crippen LogP contribution in [0.4, 0.5) is 4.79 Å². The van der Waals surface area contributed by atoms with Crippen molar-refractivity contribution in [3.05, 3.63) is 61.7 Å². The zero-order valence-electron chi connectivity index (χ0n) is 22.1. The van der Waals surface area contributed by atoms with Crippen molar-refractivity contribution in [2.75, 3.05) is 26.9 Å². The van der Waals surface area contributed by atoms with Gasteiger partial charge in [-0.15, -0.1) is 0 Å². The number of esters is 1. The minimum absolute atomic E-state index is 0.170. The second kappa shape index (κ2) is 14.5. The van der Waals surface area contributed by atoms with Gasteiger partial charge in [0.1, 0.15) is 5.75 Å². The molecule has 13 nitrogen and oxygen atoms in total. The van der Waals surface area contributed by atoms with Gasteiger partial charge in [-0.3, -0.25) is 4.79 Å². The van der Waals surface area contributed by atoms with E-state index in [4.69, 9.17) is 24.1 Å². The molecule has 0 spiro atoms. The van der Waals surface area contributed by atoms with Gasteiger partial charge in [-0.1, -0.05) is 6.07 Å². The Morgan fingerprint density at radius 2 is 1.80 bits per heavy atom. The Kier molecular flexibility index (Phi) is 11.1. The molecule has 0 radical (unpaired) electrons. The molecule has 0 fully saturated rings. The van der Waals surface area contributed by atoms with Gasteiger partial charge in [0.2, 0.25) is 0 Å². The molecule has 2 aromatic rings. The summed E-state index contributed by atoms with van der Waals surface area (Å²) in [6.07, 6.45) is 1.38. The number of carbonyl (C=O) groups excluding carboxylic acids is 3. The van der Waals surface area contributed by atoms with E-state index in [0.29, 0.717) is 31.5 Å². The number of benzene rings is 2. The Balaban J connectivity index is 1.65. The molecule has 218 valence electrons. The predicted molar refractivity (Wildman–Crippen MR) is 153 cm³/mol. The lowest BCUT2D eigenvalue weighted by atomic mass is 9.95. The summed E-state index contributed by atoms with van der Waals surface area (Å²) in [5, 5.41) is 18.0. The summed E-state index contributed by atoms with van der Waals surface area (Å²) in [5.41, 5.74) is 4.09. The zero-order valence-corrected chi connectivity index (χ0v) is 25.3. The number of hydrogen-bond donors (Lipinski definition) is 4. The molecule has 15 heteroatoms. The van der Waals surface area contributed by atoms with Gasteiger partial charge in [-0.05, 0) is 81.1 Å². The number of rotatable bonds is 12. The van der Waals surface area contributed by atoms with Crippen LogP contribution in [-0.4, -0.2) is 62.1 Å². The fraction of sp³-hybridized carbons (Fsp3) is 0.269. The molecule has 0 unspecified atom stereocenters. The van der Waals surface area contributed by atoms with Crippen molar-refractivity contribution in [2.24, 2.45) is 5.10 Å². The topological polar surface area (TPSA) is 174 Å². The minimum Gasteiger partial charge on any atom is -0.493 e. The molecule has 0 aromatic heterocycles. The fourth-order valence-electron chi connectivity index (χ4n) is 3.69. The van der Waals surface area contributed by atoms with Gasteiger partial charge in [0.05, 0.1) is 40.5 Å². The second-order valence-corrected chi connectivity index (χ2v) is 9.99. The van der Waals surface area contributed by atoms with E-state index in [1.807, 2.05) is 0 Å². The Bertz CT molecular complexity index is 1390. The first-order chi connectivity index (χ1) is 19.5. The summed E-state index contributed by atoms with van der Waals surface area (Å²) in [6, 6.07) is 6.79. The van der Waals surface area contributed by atoms with Crippen molar-refractivity contribution in [2.45, 2.75) is 19.9 Å². The molecule has 1 heterocycles. The van der Waals surface area contributed by atoms with Crippen LogP contribution < -0.4 is 30.3 Å². The minimum atomic E-state index is -1.11. The highest BCUT2D eigenvalue weighted by Gasteiger charge is 2.32. The molecule has 3 amide bonds. The predicted octanol–water partition coefficient (Wildman–Crippen LogP) is 3.40. The highest BCUT2D eigenvalue weighted by Crippen LogP contribution is 2.35. The normalized spacial score (nSPS) is 14.7. The van der Waals surface area contributed by atoms with Crippen molar-refractivity contribution in [1.29, 1.82) is 0 Å². The highest BCUT2D eigenvalue weighted by molar-refractivity contribution is 9.11. The number of nitrogens with zero attached hydrogens (tertiary/aromatic N) is 1. The molecular formula is C26H26Br2N4O9. The smallest absolute Gasteiger partial charge is 0.341 e. The van der Waals surface area contributed by atoms with Crippen LogP contribution in [0, 0.1) is 0 Å². The monoisotopic (exact) mass is 696 g/mol. The molecule has 0 saturated heterocycles. The Labute approximate surface area is 251 Å². The maximum absolute atomic E-state index is 12.6. The average molecular weight is 698 g/mol. The van der Waals surface area contributed by atoms with Gasteiger partial charge in [0, 0.05) is 5.70 Å². The molecule has 1 aliphatic heterocycles. The average Bonchev–Trinajstić information content (AvgIpc) is 2.90. The van der Waals surface area contributed by atoms with Gasteiger partial charge in [-0.25, -0.2) is 19.8 Å². The lowest BCUT2D eigenvalue weighted by molar-refractivity contribution is -0.140. The number of aliphatic carboxylic acids is 1. The lowest BCUT2D eigenvalue weighted by Crippen LogP contribution is -2.45. The van der Waals surface area contributed by atoms with Crippen molar-refractivity contribution >= 4 is 62.0 Å². The van der Waals surface area contributed by atoms with Gasteiger partial charge in [0.25, 0.3) is 5.91 Å². The Morgan fingerprint density at radius 3 is 2.44 bits per heavy atom. The first kappa shape index (κ1) is 31.4. The summed E-state index contributed by atoms with van der Waals surface area (Å²) in [6.45, 7) is 2.57. The standard InChI is InChI=1S/C26H26Br2N4O9/c1-4-39-25(36)22-13(2)30-26(37)31-23(22)15-5-6-18(19(9-15)38-3)40-11-20(33)32-29-10-14-7-16(27)24(17(28)8-14)41-12-21(34)35/h5-10,23H,4,11-12H2,1-3H3,(H,32,33)(H,34,35)(H2,30,31,37)/b29-10-/t23-/m0/s1. The van der Waals surface area contributed by atoms with Crippen molar-refractivity contribution < 1.29 is 43.2 Å². The Hall–Kier alpha value is -4.11. The van der Waals surface area contributed by atoms with E-state index in [1.54, 1.807) is 44.2 Å². The van der Waals surface area contributed by atoms with E-state index >= 15 is 0 Å². The molecule has 2 aromatic carbocycles. The number of amides is 3. The zero-order chi connectivity index (χ0) is 30.1. The van der Waals surface area contributed by atoms with Crippen molar-refractivity contribution in [3.8, 4) is 17.2 Å². The van der Waals surface area contributed by atoms with Crippen LogP contribution in [-0.2, 0) is 19.1 Å². The van der Waals surface area contributed by atoms with Gasteiger partial charge in [-0.2, -0.15) is 5.10 Å². The van der Waals surface area contributed by atoms with Crippen LogP contribution in [0.2, 0.25) is 0 Å². The molecule has 1 aliphatic rings. The number of ether oxygens (including phenoxy) is 4. The third-order valence-corrected chi connectivity index (χ3v) is 6.59.